The highest BCUT2D eigenvalue weighted by atomic mass is 19.4. The molecule has 0 unspecified atom stereocenters. The molecular weight excluding hydrogens is 335 g/mol. The number of benzene rings is 2. The molecule has 2 aromatic rings. The lowest BCUT2D eigenvalue weighted by Gasteiger charge is -2.17. The molecule has 0 bridgehead atoms. The average molecular weight is 349 g/mol. The van der Waals surface area contributed by atoms with Crippen molar-refractivity contribution in [3.63, 3.8) is 0 Å². The molecule has 0 heterocycles. The normalized spacial score (nSPS) is 15.7. The predicted molar refractivity (Wildman–Crippen MR) is 87.6 cm³/mol. The number of nitrogens with one attached hydrogen (secondary N) is 1. The molecule has 0 aliphatic heterocycles. The first-order valence-corrected chi connectivity index (χ1v) is 7.63. The predicted octanol–water partition coefficient (Wildman–Crippen LogP) is 4.77. The van der Waals surface area contributed by atoms with Crippen molar-refractivity contribution in [2.24, 2.45) is 5.10 Å². The zero-order chi connectivity index (χ0) is 18.0. The quantitative estimate of drug-likeness (QED) is 0.641. The zero-order valence-corrected chi connectivity index (χ0v) is 13.0. The standard InChI is InChI=1S/C17H14F3N3O2/c18-17(19,20)12-8-9-15(16(10-12)23(24)25)22-21-14-7-3-5-11-4-1-2-6-13(11)14/h1-2,4,6,8-10,22H,3,5,7H2. The van der Waals surface area contributed by atoms with Crippen LogP contribution in [0.4, 0.5) is 24.5 Å². The molecule has 5 nitrogen and oxygen atoms in total. The third-order valence-electron chi connectivity index (χ3n) is 4.02. The second kappa shape index (κ2) is 6.54. The molecule has 8 heteroatoms. The summed E-state index contributed by atoms with van der Waals surface area (Å²) in [5, 5.41) is 15.3. The highest BCUT2D eigenvalue weighted by Gasteiger charge is 2.33. The lowest BCUT2D eigenvalue weighted by Crippen LogP contribution is -2.13. The van der Waals surface area contributed by atoms with E-state index < -0.39 is 22.4 Å². The number of halogens is 3. The molecule has 3 rings (SSSR count). The molecular formula is C17H14F3N3O2. The topological polar surface area (TPSA) is 67.5 Å². The number of anilines is 1. The Morgan fingerprint density at radius 2 is 1.88 bits per heavy atom. The van der Waals surface area contributed by atoms with Crippen molar-refractivity contribution >= 4 is 17.1 Å². The van der Waals surface area contributed by atoms with Crippen molar-refractivity contribution in [1.82, 2.24) is 0 Å². The van der Waals surface area contributed by atoms with Crippen LogP contribution in [-0.4, -0.2) is 10.6 Å². The monoisotopic (exact) mass is 349 g/mol. The van der Waals surface area contributed by atoms with Crippen LogP contribution in [0.2, 0.25) is 0 Å². The number of nitrogens with zero attached hydrogens (tertiary/aromatic N) is 2. The van der Waals surface area contributed by atoms with Crippen molar-refractivity contribution < 1.29 is 18.1 Å². The summed E-state index contributed by atoms with van der Waals surface area (Å²) in [4.78, 5) is 10.2. The van der Waals surface area contributed by atoms with Crippen molar-refractivity contribution in [3.8, 4) is 0 Å². The van der Waals surface area contributed by atoms with Crippen LogP contribution < -0.4 is 5.43 Å². The summed E-state index contributed by atoms with van der Waals surface area (Å²) in [5.41, 5.74) is 3.58. The summed E-state index contributed by atoms with van der Waals surface area (Å²) in [6, 6.07) is 10.0. The summed E-state index contributed by atoms with van der Waals surface area (Å²) in [7, 11) is 0. The van der Waals surface area contributed by atoms with Crippen molar-refractivity contribution in [1.29, 1.82) is 0 Å². The maximum atomic E-state index is 12.7. The highest BCUT2D eigenvalue weighted by molar-refractivity contribution is 6.03. The Kier molecular flexibility index (Phi) is 4.43. The van der Waals surface area contributed by atoms with E-state index in [4.69, 9.17) is 0 Å². The molecule has 1 aliphatic carbocycles. The van der Waals surface area contributed by atoms with Gasteiger partial charge in [0.05, 0.1) is 16.2 Å². The molecule has 0 saturated carbocycles. The third kappa shape index (κ3) is 3.62. The summed E-state index contributed by atoms with van der Waals surface area (Å²) in [6.45, 7) is 0. The Morgan fingerprint density at radius 1 is 1.12 bits per heavy atom. The van der Waals surface area contributed by atoms with E-state index >= 15 is 0 Å². The van der Waals surface area contributed by atoms with E-state index in [-0.39, 0.29) is 5.69 Å². The van der Waals surface area contributed by atoms with Gasteiger partial charge in [-0.2, -0.15) is 18.3 Å². The van der Waals surface area contributed by atoms with Crippen LogP contribution in [0.1, 0.15) is 29.5 Å². The third-order valence-corrected chi connectivity index (χ3v) is 4.02. The first-order valence-electron chi connectivity index (χ1n) is 7.63. The van der Waals surface area contributed by atoms with Crippen molar-refractivity contribution in [2.45, 2.75) is 25.4 Å². The number of rotatable bonds is 3. The van der Waals surface area contributed by atoms with Crippen LogP contribution >= 0.6 is 0 Å². The van der Waals surface area contributed by atoms with Crippen LogP contribution in [0.3, 0.4) is 0 Å². The first kappa shape index (κ1) is 16.9. The molecule has 130 valence electrons. The van der Waals surface area contributed by atoms with Gasteiger partial charge in [0.1, 0.15) is 5.69 Å². The molecule has 25 heavy (non-hydrogen) atoms. The number of hydrogen-bond donors (Lipinski definition) is 1. The van der Waals surface area contributed by atoms with E-state index in [1.165, 1.54) is 0 Å². The van der Waals surface area contributed by atoms with E-state index in [2.05, 4.69) is 10.5 Å². The Bertz CT molecular complexity index is 847. The van der Waals surface area contributed by atoms with Crippen LogP contribution in [0.15, 0.2) is 47.6 Å². The Hall–Kier alpha value is -2.90. The van der Waals surface area contributed by atoms with Crippen LogP contribution in [0, 0.1) is 10.1 Å². The van der Waals surface area contributed by atoms with Gasteiger partial charge in [-0.1, -0.05) is 24.3 Å². The second-order valence-corrected chi connectivity index (χ2v) is 5.67. The second-order valence-electron chi connectivity index (χ2n) is 5.67. The number of nitro benzene ring substituents is 1. The first-order chi connectivity index (χ1) is 11.9. The van der Waals surface area contributed by atoms with Crippen molar-refractivity contribution in [2.75, 3.05) is 5.43 Å². The SMILES string of the molecule is O=[N+]([O-])c1cc(C(F)(F)F)ccc1NN=C1CCCc2ccccc21. The summed E-state index contributed by atoms with van der Waals surface area (Å²) in [6.07, 6.45) is -2.13. The van der Waals surface area contributed by atoms with Crippen molar-refractivity contribution in [3.05, 3.63) is 69.3 Å². The number of fused-ring (bicyclic) bond motifs is 1. The summed E-state index contributed by atoms with van der Waals surface area (Å²) in [5.74, 6) is 0. The lowest BCUT2D eigenvalue weighted by atomic mass is 9.90. The molecule has 0 saturated heterocycles. The van der Waals surface area contributed by atoms with E-state index in [1.807, 2.05) is 24.3 Å². The Morgan fingerprint density at radius 3 is 2.60 bits per heavy atom. The molecule has 0 radical (unpaired) electrons. The fourth-order valence-corrected chi connectivity index (χ4v) is 2.80. The van der Waals surface area contributed by atoms with Gasteiger partial charge in [-0.25, -0.2) is 0 Å². The molecule has 2 aromatic carbocycles. The Balaban J connectivity index is 1.93. The average Bonchev–Trinajstić information content (AvgIpc) is 2.58. The number of aryl methyl sites for hydroxylation is 1. The lowest BCUT2D eigenvalue weighted by molar-refractivity contribution is -0.384. The van der Waals surface area contributed by atoms with E-state index in [0.29, 0.717) is 12.5 Å². The Labute approximate surface area is 141 Å². The van der Waals surface area contributed by atoms with E-state index in [0.717, 1.165) is 41.8 Å². The van der Waals surface area contributed by atoms with Crippen LogP contribution in [-0.2, 0) is 12.6 Å². The fourth-order valence-electron chi connectivity index (χ4n) is 2.80. The van der Waals surface area contributed by atoms with Gasteiger partial charge in [0, 0.05) is 11.6 Å². The number of alkyl halides is 3. The minimum Gasteiger partial charge on any atom is -0.271 e. The highest BCUT2D eigenvalue weighted by Crippen LogP contribution is 2.35. The van der Waals surface area contributed by atoms with Gasteiger partial charge in [-0.3, -0.25) is 15.5 Å². The summed E-state index contributed by atoms with van der Waals surface area (Å²) < 4.78 is 38.2. The largest absolute Gasteiger partial charge is 0.416 e. The number of hydrazone groups is 1. The van der Waals surface area contributed by atoms with Gasteiger partial charge >= 0.3 is 6.18 Å². The van der Waals surface area contributed by atoms with Gasteiger partial charge in [0.2, 0.25) is 0 Å². The molecule has 1 aliphatic rings. The van der Waals surface area contributed by atoms with Gasteiger partial charge in [-0.15, -0.1) is 0 Å². The molecule has 0 atom stereocenters. The van der Waals surface area contributed by atoms with Gasteiger partial charge in [0.25, 0.3) is 5.69 Å². The number of nitro groups is 1. The molecule has 1 N–H and O–H groups in total. The van der Waals surface area contributed by atoms with Gasteiger partial charge < -0.3 is 0 Å². The molecule has 0 spiro atoms. The maximum absolute atomic E-state index is 12.7. The van der Waals surface area contributed by atoms with E-state index in [1.54, 1.807) is 0 Å². The minimum atomic E-state index is -4.64. The minimum absolute atomic E-state index is 0.0754. The van der Waals surface area contributed by atoms with Gasteiger partial charge in [-0.05, 0) is 37.0 Å². The molecule has 0 amide bonds. The van der Waals surface area contributed by atoms with Crippen LogP contribution in [0.25, 0.3) is 0 Å². The maximum Gasteiger partial charge on any atom is 0.416 e. The van der Waals surface area contributed by atoms with Gasteiger partial charge in [0.15, 0.2) is 0 Å². The van der Waals surface area contributed by atoms with E-state index in [9.17, 15) is 23.3 Å². The summed E-state index contributed by atoms with van der Waals surface area (Å²) >= 11 is 0. The smallest absolute Gasteiger partial charge is 0.271 e. The zero-order valence-electron chi connectivity index (χ0n) is 13.0. The fraction of sp³-hybridized carbons (Fsp3) is 0.235. The molecule has 0 aromatic heterocycles. The van der Waals surface area contributed by atoms with Crippen LogP contribution in [0.5, 0.6) is 0 Å². The number of hydrogen-bond acceptors (Lipinski definition) is 4. The molecule has 0 fully saturated rings.